The Balaban J connectivity index is 1.67. The summed E-state index contributed by atoms with van der Waals surface area (Å²) in [5.41, 5.74) is 1.59. The van der Waals surface area contributed by atoms with E-state index in [-0.39, 0.29) is 6.04 Å². The Bertz CT molecular complexity index is 719. The molecular weight excluding hydrogens is 300 g/mol. The number of guanidine groups is 1. The maximum absolute atomic E-state index is 12.5. The van der Waals surface area contributed by atoms with Crippen LogP contribution >= 0.6 is 0 Å². The molecule has 0 aromatic heterocycles. The number of nitrogens with zero attached hydrogens (tertiary/aromatic N) is 2. The van der Waals surface area contributed by atoms with Crippen LogP contribution in [0.3, 0.4) is 0 Å². The largest absolute Gasteiger partial charge is 0.371 e. The third-order valence-electron chi connectivity index (χ3n) is 4.32. The summed E-state index contributed by atoms with van der Waals surface area (Å²) in [5, 5.41) is 3.10. The second kappa shape index (κ2) is 5.15. The van der Waals surface area contributed by atoms with E-state index in [0.29, 0.717) is 16.5 Å². The highest BCUT2D eigenvalue weighted by Crippen LogP contribution is 2.31. The summed E-state index contributed by atoms with van der Waals surface area (Å²) in [5.74, 6) is 0.348. The van der Waals surface area contributed by atoms with Crippen molar-refractivity contribution < 1.29 is 8.42 Å². The van der Waals surface area contributed by atoms with Crippen LogP contribution in [0, 0.1) is 0 Å². The molecular formula is C15H20N4O2S. The van der Waals surface area contributed by atoms with Crippen molar-refractivity contribution in [3.8, 4) is 0 Å². The zero-order chi connectivity index (χ0) is 15.2. The van der Waals surface area contributed by atoms with E-state index in [2.05, 4.69) is 19.9 Å². The van der Waals surface area contributed by atoms with Crippen LogP contribution in [0.15, 0.2) is 28.1 Å². The monoisotopic (exact) mass is 320 g/mol. The molecule has 2 heterocycles. The molecule has 0 atom stereocenters. The summed E-state index contributed by atoms with van der Waals surface area (Å²) < 4.78 is 27.5. The van der Waals surface area contributed by atoms with E-state index in [9.17, 15) is 8.42 Å². The quantitative estimate of drug-likeness (QED) is 0.873. The SMILES string of the molecule is O=S1(=O)NC(=NC2CC2)Nc2ccc(N3CCCCC3)cc21. The first-order chi connectivity index (χ1) is 10.6. The minimum atomic E-state index is -3.54. The lowest BCUT2D eigenvalue weighted by Gasteiger charge is -2.30. The summed E-state index contributed by atoms with van der Waals surface area (Å²) in [6.45, 7) is 1.99. The molecule has 118 valence electrons. The van der Waals surface area contributed by atoms with Gasteiger partial charge in [0.05, 0.1) is 11.7 Å². The lowest BCUT2D eigenvalue weighted by molar-refractivity contribution is 0.576. The highest BCUT2D eigenvalue weighted by molar-refractivity contribution is 7.90. The van der Waals surface area contributed by atoms with Crippen molar-refractivity contribution in [1.82, 2.24) is 4.72 Å². The van der Waals surface area contributed by atoms with Crippen LogP contribution in [0.4, 0.5) is 11.4 Å². The van der Waals surface area contributed by atoms with Crippen molar-refractivity contribution in [1.29, 1.82) is 0 Å². The Morgan fingerprint density at radius 3 is 2.64 bits per heavy atom. The van der Waals surface area contributed by atoms with Crippen LogP contribution in [-0.4, -0.2) is 33.5 Å². The minimum absolute atomic E-state index is 0.263. The number of nitrogens with one attached hydrogen (secondary N) is 2. The molecule has 1 saturated heterocycles. The molecule has 1 aromatic carbocycles. The number of fused-ring (bicyclic) bond motifs is 1. The van der Waals surface area contributed by atoms with Crippen molar-refractivity contribution in [2.24, 2.45) is 4.99 Å². The summed E-state index contributed by atoms with van der Waals surface area (Å²) in [4.78, 5) is 6.93. The number of rotatable bonds is 2. The third kappa shape index (κ3) is 2.65. The Morgan fingerprint density at radius 2 is 1.91 bits per heavy atom. The van der Waals surface area contributed by atoms with Crippen molar-refractivity contribution in [3.63, 3.8) is 0 Å². The van der Waals surface area contributed by atoms with Gasteiger partial charge in [-0.25, -0.2) is 18.1 Å². The predicted molar refractivity (Wildman–Crippen MR) is 86.9 cm³/mol. The summed E-state index contributed by atoms with van der Waals surface area (Å²) >= 11 is 0. The van der Waals surface area contributed by atoms with Crippen molar-refractivity contribution in [3.05, 3.63) is 18.2 Å². The molecule has 1 aliphatic carbocycles. The van der Waals surface area contributed by atoms with Gasteiger partial charge in [-0.3, -0.25) is 0 Å². The standard InChI is InChI=1S/C15H20N4O2S/c20-22(21)14-10-12(19-8-2-1-3-9-19)6-7-13(14)17-15(18-22)16-11-4-5-11/h6-7,10-11H,1-5,8-9H2,(H2,16,17,18). The number of aliphatic imine (C=N–C) groups is 1. The topological polar surface area (TPSA) is 73.8 Å². The van der Waals surface area contributed by atoms with Gasteiger partial charge in [0.25, 0.3) is 10.0 Å². The Hall–Kier alpha value is -1.76. The summed E-state index contributed by atoms with van der Waals surface area (Å²) in [7, 11) is -3.54. The average Bonchev–Trinajstić information content (AvgIpc) is 3.31. The molecule has 2 N–H and O–H groups in total. The zero-order valence-corrected chi connectivity index (χ0v) is 13.2. The lowest BCUT2D eigenvalue weighted by atomic mass is 10.1. The van der Waals surface area contributed by atoms with E-state index in [1.54, 1.807) is 6.07 Å². The first-order valence-electron chi connectivity index (χ1n) is 7.88. The van der Waals surface area contributed by atoms with Gasteiger partial charge in [0, 0.05) is 18.8 Å². The van der Waals surface area contributed by atoms with Crippen LogP contribution in [0.5, 0.6) is 0 Å². The van der Waals surface area contributed by atoms with Gasteiger partial charge in [0.2, 0.25) is 5.96 Å². The minimum Gasteiger partial charge on any atom is -0.371 e. The van der Waals surface area contributed by atoms with E-state index in [0.717, 1.165) is 31.6 Å². The van der Waals surface area contributed by atoms with Gasteiger partial charge in [0.1, 0.15) is 4.90 Å². The van der Waals surface area contributed by atoms with Crippen molar-refractivity contribution in [2.75, 3.05) is 23.3 Å². The smallest absolute Gasteiger partial charge is 0.266 e. The molecule has 0 amide bonds. The van der Waals surface area contributed by atoms with Crippen LogP contribution in [-0.2, 0) is 10.0 Å². The van der Waals surface area contributed by atoms with Crippen molar-refractivity contribution >= 4 is 27.4 Å². The van der Waals surface area contributed by atoms with Crippen LogP contribution < -0.4 is 14.9 Å². The molecule has 0 bridgehead atoms. The normalized spacial score (nSPS) is 25.3. The van der Waals surface area contributed by atoms with E-state index in [1.807, 2.05) is 12.1 Å². The molecule has 2 fully saturated rings. The molecule has 22 heavy (non-hydrogen) atoms. The van der Waals surface area contributed by atoms with E-state index < -0.39 is 10.0 Å². The molecule has 0 radical (unpaired) electrons. The molecule has 0 spiro atoms. The number of sulfonamides is 1. The second-order valence-corrected chi connectivity index (χ2v) is 7.82. The first-order valence-corrected chi connectivity index (χ1v) is 9.37. The Kier molecular flexibility index (Phi) is 3.25. The number of benzene rings is 1. The van der Waals surface area contributed by atoms with Gasteiger partial charge < -0.3 is 10.2 Å². The molecule has 0 unspecified atom stereocenters. The highest BCUT2D eigenvalue weighted by Gasteiger charge is 2.30. The number of anilines is 2. The first kappa shape index (κ1) is 13.9. The highest BCUT2D eigenvalue weighted by atomic mass is 32.2. The van der Waals surface area contributed by atoms with Gasteiger partial charge in [-0.1, -0.05) is 0 Å². The Morgan fingerprint density at radius 1 is 1.14 bits per heavy atom. The fraction of sp³-hybridized carbons (Fsp3) is 0.533. The number of hydrogen-bond donors (Lipinski definition) is 2. The zero-order valence-electron chi connectivity index (χ0n) is 12.4. The molecule has 7 heteroatoms. The van der Waals surface area contributed by atoms with Crippen LogP contribution in [0.25, 0.3) is 0 Å². The Labute approximate surface area is 130 Å². The maximum Gasteiger partial charge on any atom is 0.266 e. The molecule has 4 rings (SSSR count). The molecule has 3 aliphatic rings. The van der Waals surface area contributed by atoms with Gasteiger partial charge in [-0.2, -0.15) is 0 Å². The van der Waals surface area contributed by atoms with Gasteiger partial charge >= 0.3 is 0 Å². The fourth-order valence-corrected chi connectivity index (χ4v) is 4.12. The van der Waals surface area contributed by atoms with Crippen LogP contribution in [0.1, 0.15) is 32.1 Å². The number of piperidine rings is 1. The van der Waals surface area contributed by atoms with Gasteiger partial charge in [-0.15, -0.1) is 0 Å². The molecule has 6 nitrogen and oxygen atoms in total. The van der Waals surface area contributed by atoms with E-state index in [4.69, 9.17) is 0 Å². The fourth-order valence-electron chi connectivity index (χ4n) is 2.97. The molecule has 1 aromatic rings. The average molecular weight is 320 g/mol. The van der Waals surface area contributed by atoms with Crippen molar-refractivity contribution in [2.45, 2.75) is 43.0 Å². The number of hydrogen-bond acceptors (Lipinski definition) is 4. The maximum atomic E-state index is 12.5. The lowest BCUT2D eigenvalue weighted by Crippen LogP contribution is -2.41. The van der Waals surface area contributed by atoms with Crippen LogP contribution in [0.2, 0.25) is 0 Å². The van der Waals surface area contributed by atoms with E-state index in [1.165, 1.54) is 19.3 Å². The van der Waals surface area contributed by atoms with Gasteiger partial charge in [-0.05, 0) is 50.3 Å². The summed E-state index contributed by atoms with van der Waals surface area (Å²) in [6, 6.07) is 5.87. The third-order valence-corrected chi connectivity index (χ3v) is 5.70. The van der Waals surface area contributed by atoms with E-state index >= 15 is 0 Å². The summed E-state index contributed by atoms with van der Waals surface area (Å²) in [6.07, 6.45) is 5.65. The van der Waals surface area contributed by atoms with Gasteiger partial charge in [0.15, 0.2) is 0 Å². The molecule has 2 aliphatic heterocycles. The predicted octanol–water partition coefficient (Wildman–Crippen LogP) is 1.90. The molecule has 1 saturated carbocycles. The second-order valence-electron chi connectivity index (χ2n) is 6.17.